The Kier molecular flexibility index (Phi) is 6.21. The van der Waals surface area contributed by atoms with Crippen molar-refractivity contribution >= 4 is 40.1 Å². The lowest BCUT2D eigenvalue weighted by Crippen LogP contribution is -2.14. The van der Waals surface area contributed by atoms with E-state index < -0.39 is 28.8 Å². The van der Waals surface area contributed by atoms with Gasteiger partial charge in [0.15, 0.2) is 5.65 Å². The number of ether oxygens (including phenoxy) is 1. The molecule has 0 saturated heterocycles. The Hall–Kier alpha value is -4.16. The zero-order valence-corrected chi connectivity index (χ0v) is 19.8. The Balaban J connectivity index is 1.35. The maximum atomic E-state index is 13.0. The van der Waals surface area contributed by atoms with Gasteiger partial charge in [0.2, 0.25) is 11.8 Å². The smallest absolute Gasteiger partial charge is 0.417 e. The molecule has 0 bridgehead atoms. The van der Waals surface area contributed by atoms with E-state index in [0.29, 0.717) is 27.8 Å². The number of nitrogens with zero attached hydrogens (tertiary/aromatic N) is 4. The van der Waals surface area contributed by atoms with Gasteiger partial charge in [-0.25, -0.2) is 14.5 Å². The van der Waals surface area contributed by atoms with Crippen molar-refractivity contribution < 1.29 is 27.8 Å². The van der Waals surface area contributed by atoms with E-state index in [1.54, 1.807) is 37.3 Å². The van der Waals surface area contributed by atoms with Gasteiger partial charge in [0, 0.05) is 6.07 Å². The Morgan fingerprint density at radius 2 is 1.92 bits per heavy atom. The van der Waals surface area contributed by atoms with E-state index in [9.17, 15) is 23.1 Å². The molecule has 0 spiro atoms. The highest BCUT2D eigenvalue weighted by Gasteiger charge is 2.33. The molecule has 190 valence electrons. The molecule has 3 N–H and O–H groups in total. The van der Waals surface area contributed by atoms with Gasteiger partial charge in [-0.2, -0.15) is 13.2 Å². The van der Waals surface area contributed by atoms with Gasteiger partial charge >= 0.3 is 6.18 Å². The number of benzene rings is 2. The summed E-state index contributed by atoms with van der Waals surface area (Å²) in [5, 5.41) is 15.8. The van der Waals surface area contributed by atoms with Crippen molar-refractivity contribution in [2.24, 2.45) is 0 Å². The number of hydrogen-bond donors (Lipinski definition) is 3. The van der Waals surface area contributed by atoms with Crippen molar-refractivity contribution in [2.45, 2.75) is 19.2 Å². The number of aromatic nitrogens is 5. The number of amides is 1. The van der Waals surface area contributed by atoms with Gasteiger partial charge in [0.05, 0.1) is 33.9 Å². The second-order valence-corrected chi connectivity index (χ2v) is 8.63. The molecule has 37 heavy (non-hydrogen) atoms. The Morgan fingerprint density at radius 3 is 2.65 bits per heavy atom. The minimum atomic E-state index is -4.54. The summed E-state index contributed by atoms with van der Waals surface area (Å²) in [5.41, 5.74) is 1.78. The molecule has 0 radical (unpaired) electrons. The highest BCUT2D eigenvalue weighted by molar-refractivity contribution is 6.31. The van der Waals surface area contributed by atoms with Crippen LogP contribution < -0.4 is 10.1 Å². The van der Waals surface area contributed by atoms with Crippen molar-refractivity contribution in [3.05, 3.63) is 71.0 Å². The lowest BCUT2D eigenvalue weighted by molar-refractivity contribution is -0.137. The fraction of sp³-hybridized carbons (Fsp3) is 0.167. The number of nitrogens with one attached hydrogen (secondary N) is 2. The fourth-order valence-corrected chi connectivity index (χ4v) is 3.89. The Morgan fingerprint density at radius 1 is 1.16 bits per heavy atom. The van der Waals surface area contributed by atoms with Crippen molar-refractivity contribution in [3.8, 4) is 17.0 Å². The van der Waals surface area contributed by atoms with Crippen molar-refractivity contribution in [2.75, 3.05) is 11.9 Å². The quantitative estimate of drug-likeness (QED) is 0.286. The summed E-state index contributed by atoms with van der Waals surface area (Å²) in [6.07, 6.45) is -3.77. The van der Waals surface area contributed by atoms with Crippen LogP contribution in [0.2, 0.25) is 5.02 Å². The molecule has 0 unspecified atom stereocenters. The molecule has 9 nitrogen and oxygen atoms in total. The van der Waals surface area contributed by atoms with Gasteiger partial charge in [-0.1, -0.05) is 23.7 Å². The van der Waals surface area contributed by atoms with Crippen LogP contribution in [0, 0.1) is 0 Å². The number of H-pyrrole nitrogens is 1. The molecule has 13 heteroatoms. The van der Waals surface area contributed by atoms with Crippen LogP contribution in [0.25, 0.3) is 27.8 Å². The largest absolute Gasteiger partial charge is 0.474 e. The van der Waals surface area contributed by atoms with E-state index in [0.717, 1.165) is 6.07 Å². The number of imidazole rings is 2. The van der Waals surface area contributed by atoms with E-state index in [2.05, 4.69) is 25.4 Å². The lowest BCUT2D eigenvalue weighted by atomic mass is 10.0. The van der Waals surface area contributed by atoms with Gasteiger partial charge in [0.1, 0.15) is 12.3 Å². The molecule has 0 aliphatic carbocycles. The first-order chi connectivity index (χ1) is 17.6. The monoisotopic (exact) mass is 530 g/mol. The van der Waals surface area contributed by atoms with Crippen molar-refractivity contribution in [1.82, 2.24) is 24.6 Å². The average Bonchev–Trinajstić information content (AvgIpc) is 3.44. The Labute approximate surface area is 211 Å². The van der Waals surface area contributed by atoms with Crippen molar-refractivity contribution in [3.63, 3.8) is 0 Å². The maximum Gasteiger partial charge on any atom is 0.417 e. The second kappa shape index (κ2) is 9.37. The number of carbonyl (C=O) groups is 1. The van der Waals surface area contributed by atoms with Gasteiger partial charge in [-0.05, 0) is 48.4 Å². The number of alkyl halides is 3. The molecule has 5 rings (SSSR count). The van der Waals surface area contributed by atoms with Crippen LogP contribution in [-0.2, 0) is 6.18 Å². The fourth-order valence-electron chi connectivity index (χ4n) is 3.60. The molecule has 3 heterocycles. The second-order valence-electron chi connectivity index (χ2n) is 8.22. The van der Waals surface area contributed by atoms with Gasteiger partial charge in [0.25, 0.3) is 5.91 Å². The SMILES string of the molecule is C[C@H](O)COc1ccc2nc(C(=O)Nc3nc4cc(-c5ccc(C(F)(F)F)c(Cl)c5)ccc4[nH]3)cn2n1. The van der Waals surface area contributed by atoms with Gasteiger partial charge < -0.3 is 14.8 Å². The molecular formula is C24H18ClF3N6O3. The number of hydrogen-bond acceptors (Lipinski definition) is 6. The van der Waals surface area contributed by atoms with Crippen LogP contribution in [0.5, 0.6) is 5.88 Å². The zero-order chi connectivity index (χ0) is 26.3. The molecule has 1 amide bonds. The molecule has 0 aliphatic rings. The predicted molar refractivity (Wildman–Crippen MR) is 130 cm³/mol. The number of halogens is 4. The number of fused-ring (bicyclic) bond motifs is 2. The highest BCUT2D eigenvalue weighted by atomic mass is 35.5. The summed E-state index contributed by atoms with van der Waals surface area (Å²) < 4.78 is 45.7. The Bertz CT molecular complexity index is 1630. The number of aromatic amines is 1. The van der Waals surface area contributed by atoms with Crippen LogP contribution in [0.3, 0.4) is 0 Å². The summed E-state index contributed by atoms with van der Waals surface area (Å²) in [4.78, 5) is 24.3. The normalized spacial score (nSPS) is 12.7. The van der Waals surface area contributed by atoms with Crippen LogP contribution in [0.15, 0.2) is 54.7 Å². The number of aliphatic hydroxyl groups is 1. The van der Waals surface area contributed by atoms with Gasteiger partial charge in [-0.3, -0.25) is 10.1 Å². The van der Waals surface area contributed by atoms with Crippen LogP contribution in [0.4, 0.5) is 19.1 Å². The standard InChI is InChI=1S/C24H18ClF3N6O3/c1-12(35)11-37-21-7-6-20-29-19(10-34(20)33-21)22(36)32-23-30-17-5-3-14(9-18(17)31-23)13-2-4-15(16(25)8-13)24(26,27)28/h2-10,12,35H,11H2,1H3,(H2,30,31,32,36)/t12-/m0/s1. The average molecular weight is 531 g/mol. The molecule has 0 fully saturated rings. The third kappa shape index (κ3) is 5.20. The van der Waals surface area contributed by atoms with E-state index in [4.69, 9.17) is 16.3 Å². The zero-order valence-electron chi connectivity index (χ0n) is 19.0. The first-order valence-electron chi connectivity index (χ1n) is 10.9. The molecular weight excluding hydrogens is 513 g/mol. The predicted octanol–water partition coefficient (Wildman–Crippen LogP) is 4.96. The van der Waals surface area contributed by atoms with E-state index in [-0.39, 0.29) is 24.1 Å². The van der Waals surface area contributed by atoms with Crippen LogP contribution >= 0.6 is 11.6 Å². The minimum Gasteiger partial charge on any atom is -0.474 e. The number of anilines is 1. The topological polar surface area (TPSA) is 117 Å². The number of carbonyl (C=O) groups excluding carboxylic acids is 1. The van der Waals surface area contributed by atoms with E-state index in [1.807, 2.05) is 0 Å². The van der Waals surface area contributed by atoms with Gasteiger partial charge in [-0.15, -0.1) is 5.10 Å². The molecule has 0 saturated carbocycles. The first-order valence-corrected chi connectivity index (χ1v) is 11.3. The lowest BCUT2D eigenvalue weighted by Gasteiger charge is -2.10. The molecule has 0 aliphatic heterocycles. The summed E-state index contributed by atoms with van der Waals surface area (Å²) >= 11 is 5.85. The van der Waals surface area contributed by atoms with Crippen molar-refractivity contribution in [1.29, 1.82) is 0 Å². The first kappa shape index (κ1) is 24.5. The third-order valence-corrected chi connectivity index (χ3v) is 5.64. The van der Waals surface area contributed by atoms with E-state index in [1.165, 1.54) is 22.8 Å². The van der Waals surface area contributed by atoms with Crippen LogP contribution in [0.1, 0.15) is 23.0 Å². The number of aliphatic hydroxyl groups excluding tert-OH is 1. The molecule has 1 atom stereocenters. The summed E-state index contributed by atoms with van der Waals surface area (Å²) in [7, 11) is 0. The summed E-state index contributed by atoms with van der Waals surface area (Å²) in [6.45, 7) is 1.65. The highest BCUT2D eigenvalue weighted by Crippen LogP contribution is 2.37. The molecule has 3 aromatic heterocycles. The van der Waals surface area contributed by atoms with E-state index >= 15 is 0 Å². The maximum absolute atomic E-state index is 13.0. The number of rotatable bonds is 6. The minimum absolute atomic E-state index is 0.0697. The molecule has 2 aromatic carbocycles. The third-order valence-electron chi connectivity index (χ3n) is 5.32. The summed E-state index contributed by atoms with van der Waals surface area (Å²) in [6, 6.07) is 11.8. The van der Waals surface area contributed by atoms with Crippen LogP contribution in [-0.4, -0.2) is 48.3 Å². The molecule has 5 aromatic rings. The summed E-state index contributed by atoms with van der Waals surface area (Å²) in [5.74, 6) is -0.112.